The summed E-state index contributed by atoms with van der Waals surface area (Å²) in [7, 11) is -1.16. The summed E-state index contributed by atoms with van der Waals surface area (Å²) in [6.07, 6.45) is -1.37. The van der Waals surface area contributed by atoms with Gasteiger partial charge >= 0.3 is 21.6 Å². The van der Waals surface area contributed by atoms with Gasteiger partial charge in [0.2, 0.25) is 0 Å². The number of methoxy groups -OCH3 is 1. The summed E-state index contributed by atoms with van der Waals surface area (Å²) >= 11 is 0. The van der Waals surface area contributed by atoms with E-state index >= 15 is 0 Å². The monoisotopic (exact) mass is 383 g/mol. The molecule has 0 aliphatic heterocycles. The lowest BCUT2D eigenvalue weighted by molar-refractivity contribution is -0.149. The first-order valence-corrected chi connectivity index (χ1v) is 8.72. The van der Waals surface area contributed by atoms with Gasteiger partial charge in [-0.25, -0.2) is 8.98 Å². The van der Waals surface area contributed by atoms with E-state index in [-0.39, 0.29) is 12.8 Å². The first-order chi connectivity index (χ1) is 11.5. The fourth-order valence-corrected chi connectivity index (χ4v) is 2.59. The van der Waals surface area contributed by atoms with Crippen molar-refractivity contribution < 1.29 is 35.3 Å². The molecule has 6 nitrogen and oxygen atoms in total. The van der Waals surface area contributed by atoms with Crippen LogP contribution in [0.4, 0.5) is 18.9 Å². The molecule has 1 aromatic carbocycles. The van der Waals surface area contributed by atoms with Crippen LogP contribution in [0, 0.1) is 0 Å². The Hall–Kier alpha value is -1.81. The number of carbonyl (C=O) groups is 1. The smallest absolute Gasteiger partial charge is 0.467 e. The van der Waals surface area contributed by atoms with Gasteiger partial charge in [0.15, 0.2) is 6.10 Å². The van der Waals surface area contributed by atoms with E-state index in [2.05, 4.69) is 8.92 Å². The van der Waals surface area contributed by atoms with Crippen molar-refractivity contribution in [2.45, 2.75) is 30.9 Å². The molecule has 1 aromatic rings. The van der Waals surface area contributed by atoms with Crippen molar-refractivity contribution in [1.82, 2.24) is 0 Å². The SMILES string of the molecule is COC(=O)C(CCCc1ccc(N(C)C)cc1)OS(=O)(=O)C(F)(F)F. The number of hydrogen-bond donors (Lipinski definition) is 0. The van der Waals surface area contributed by atoms with Gasteiger partial charge in [-0.05, 0) is 37.0 Å². The molecule has 0 saturated carbocycles. The number of hydrogen-bond acceptors (Lipinski definition) is 6. The van der Waals surface area contributed by atoms with Gasteiger partial charge < -0.3 is 9.64 Å². The molecular weight excluding hydrogens is 363 g/mol. The Morgan fingerprint density at radius 2 is 1.76 bits per heavy atom. The topological polar surface area (TPSA) is 72.9 Å². The van der Waals surface area contributed by atoms with E-state index in [1.165, 1.54) is 0 Å². The Morgan fingerprint density at radius 3 is 2.20 bits per heavy atom. The third kappa shape index (κ3) is 6.20. The lowest BCUT2D eigenvalue weighted by atomic mass is 10.1. The maximum Gasteiger partial charge on any atom is 0.523 e. The maximum atomic E-state index is 12.4. The summed E-state index contributed by atoms with van der Waals surface area (Å²) in [4.78, 5) is 13.4. The molecule has 1 rings (SSSR count). The molecule has 0 spiro atoms. The number of halogens is 3. The maximum absolute atomic E-state index is 12.4. The summed E-state index contributed by atoms with van der Waals surface area (Å²) in [5.74, 6) is -1.17. The van der Waals surface area contributed by atoms with Crippen LogP contribution in [0.2, 0.25) is 0 Å². The molecule has 10 heteroatoms. The quantitative estimate of drug-likeness (QED) is 0.390. The van der Waals surface area contributed by atoms with Crippen LogP contribution in [-0.4, -0.2) is 47.2 Å². The largest absolute Gasteiger partial charge is 0.523 e. The fraction of sp³-hybridized carbons (Fsp3) is 0.533. The number of anilines is 1. The van der Waals surface area contributed by atoms with Crippen LogP contribution in [-0.2, 0) is 30.3 Å². The number of esters is 1. The van der Waals surface area contributed by atoms with Crippen molar-refractivity contribution in [2.24, 2.45) is 0 Å². The van der Waals surface area contributed by atoms with Gasteiger partial charge in [0.25, 0.3) is 0 Å². The van der Waals surface area contributed by atoms with Crippen molar-refractivity contribution in [1.29, 1.82) is 0 Å². The molecule has 25 heavy (non-hydrogen) atoms. The molecule has 0 aliphatic carbocycles. The summed E-state index contributed by atoms with van der Waals surface area (Å²) < 4.78 is 67.6. The number of carbonyl (C=O) groups excluding carboxylic acids is 1. The van der Waals surface area contributed by atoms with Gasteiger partial charge in [-0.15, -0.1) is 0 Å². The second kappa shape index (κ2) is 8.52. The zero-order valence-corrected chi connectivity index (χ0v) is 14.9. The van der Waals surface area contributed by atoms with Crippen LogP contribution in [0.25, 0.3) is 0 Å². The lowest BCUT2D eigenvalue weighted by Gasteiger charge is -2.16. The van der Waals surface area contributed by atoms with E-state index < -0.39 is 27.7 Å². The van der Waals surface area contributed by atoms with Crippen LogP contribution >= 0.6 is 0 Å². The van der Waals surface area contributed by atoms with Gasteiger partial charge in [0, 0.05) is 19.8 Å². The number of rotatable bonds is 8. The normalized spacial score (nSPS) is 13.4. The zero-order chi connectivity index (χ0) is 19.3. The molecule has 0 fully saturated rings. The Balaban J connectivity index is 2.69. The predicted molar refractivity (Wildman–Crippen MR) is 85.6 cm³/mol. The standard InChI is InChI=1S/C15H20F3NO5S/c1-19(2)12-9-7-11(8-10-12)5-4-6-13(14(20)23-3)24-25(21,22)15(16,17)18/h7-10,13H,4-6H2,1-3H3. The first kappa shape index (κ1) is 21.2. The van der Waals surface area contributed by atoms with Crippen LogP contribution in [0.15, 0.2) is 24.3 Å². The second-order valence-electron chi connectivity index (χ2n) is 5.46. The molecule has 0 saturated heterocycles. The highest BCUT2D eigenvalue weighted by atomic mass is 32.2. The fourth-order valence-electron chi connectivity index (χ4n) is 2.00. The summed E-state index contributed by atoms with van der Waals surface area (Å²) in [5, 5.41) is 0. The Labute approximate surface area is 144 Å². The highest BCUT2D eigenvalue weighted by Crippen LogP contribution is 2.27. The van der Waals surface area contributed by atoms with Crippen molar-refractivity contribution >= 4 is 21.8 Å². The van der Waals surface area contributed by atoms with Crippen molar-refractivity contribution in [3.63, 3.8) is 0 Å². The highest BCUT2D eigenvalue weighted by Gasteiger charge is 2.49. The number of alkyl halides is 3. The lowest BCUT2D eigenvalue weighted by Crippen LogP contribution is -2.34. The molecule has 0 aliphatic rings. The molecule has 0 N–H and O–H groups in total. The van der Waals surface area contributed by atoms with Crippen molar-refractivity contribution in [3.8, 4) is 0 Å². The van der Waals surface area contributed by atoms with E-state index in [0.29, 0.717) is 6.42 Å². The number of nitrogens with zero attached hydrogens (tertiary/aromatic N) is 1. The van der Waals surface area contributed by atoms with E-state index in [9.17, 15) is 26.4 Å². The van der Waals surface area contributed by atoms with E-state index in [1.54, 1.807) is 0 Å². The third-order valence-electron chi connectivity index (χ3n) is 3.37. The van der Waals surface area contributed by atoms with Crippen molar-refractivity contribution in [3.05, 3.63) is 29.8 Å². The average Bonchev–Trinajstić information content (AvgIpc) is 2.52. The van der Waals surface area contributed by atoms with Crippen LogP contribution < -0.4 is 4.90 Å². The second-order valence-corrected chi connectivity index (χ2v) is 7.02. The van der Waals surface area contributed by atoms with Crippen LogP contribution in [0.1, 0.15) is 18.4 Å². The first-order valence-electron chi connectivity index (χ1n) is 7.31. The Kier molecular flexibility index (Phi) is 7.24. The number of ether oxygens (including phenoxy) is 1. The van der Waals surface area contributed by atoms with Gasteiger partial charge in [-0.2, -0.15) is 21.6 Å². The van der Waals surface area contributed by atoms with Gasteiger partial charge in [-0.3, -0.25) is 0 Å². The van der Waals surface area contributed by atoms with Crippen LogP contribution in [0.3, 0.4) is 0 Å². The molecule has 1 atom stereocenters. The van der Waals surface area contributed by atoms with E-state index in [1.807, 2.05) is 43.3 Å². The van der Waals surface area contributed by atoms with E-state index in [4.69, 9.17) is 0 Å². The Morgan fingerprint density at radius 1 is 1.20 bits per heavy atom. The molecule has 0 heterocycles. The van der Waals surface area contributed by atoms with Gasteiger partial charge in [-0.1, -0.05) is 12.1 Å². The molecule has 0 bridgehead atoms. The number of aryl methyl sites for hydroxylation is 1. The van der Waals surface area contributed by atoms with Crippen molar-refractivity contribution in [2.75, 3.05) is 26.1 Å². The minimum atomic E-state index is -5.87. The molecule has 0 aromatic heterocycles. The molecule has 142 valence electrons. The Bertz CT molecular complexity index is 671. The summed E-state index contributed by atoms with van der Waals surface area (Å²) in [6.45, 7) is 0. The highest BCUT2D eigenvalue weighted by molar-refractivity contribution is 7.87. The molecule has 0 radical (unpaired) electrons. The molecule has 1 unspecified atom stereocenters. The van der Waals surface area contributed by atoms with E-state index in [0.717, 1.165) is 18.4 Å². The van der Waals surface area contributed by atoms with Gasteiger partial charge in [0.1, 0.15) is 0 Å². The minimum Gasteiger partial charge on any atom is -0.467 e. The summed E-state index contributed by atoms with van der Waals surface area (Å²) in [5.41, 5.74) is -3.72. The third-order valence-corrected chi connectivity index (χ3v) is 4.43. The van der Waals surface area contributed by atoms with Crippen LogP contribution in [0.5, 0.6) is 0 Å². The van der Waals surface area contributed by atoms with Gasteiger partial charge in [0.05, 0.1) is 7.11 Å². The molecule has 0 amide bonds. The predicted octanol–water partition coefficient (Wildman–Crippen LogP) is 2.48. The zero-order valence-electron chi connectivity index (χ0n) is 14.0. The average molecular weight is 383 g/mol. The minimum absolute atomic E-state index is 0.225. The molecular formula is C15H20F3NO5S. The number of benzene rings is 1. The summed E-state index contributed by atoms with van der Waals surface area (Å²) in [6, 6.07) is 7.43.